The standard InChI is InChI=1S/C18H26N4O2/c1-11-17(12(2)20(3)19-11)15-5-4-8-21(15)18(24)13-9-16(23)22(10-13)14-6-7-14/h13-15H,4-10H2,1-3H3. The summed E-state index contributed by atoms with van der Waals surface area (Å²) in [5.74, 6) is 0.174. The van der Waals surface area contributed by atoms with Gasteiger partial charge < -0.3 is 9.80 Å². The average molecular weight is 330 g/mol. The van der Waals surface area contributed by atoms with Crippen LogP contribution >= 0.6 is 0 Å². The van der Waals surface area contributed by atoms with Crippen LogP contribution < -0.4 is 0 Å². The summed E-state index contributed by atoms with van der Waals surface area (Å²) in [5, 5.41) is 4.52. The van der Waals surface area contributed by atoms with Crippen molar-refractivity contribution < 1.29 is 9.59 Å². The van der Waals surface area contributed by atoms with E-state index in [0.717, 1.165) is 43.6 Å². The minimum Gasteiger partial charge on any atom is -0.339 e. The van der Waals surface area contributed by atoms with E-state index in [2.05, 4.69) is 12.0 Å². The molecule has 0 spiro atoms. The van der Waals surface area contributed by atoms with E-state index >= 15 is 0 Å². The first-order valence-corrected chi connectivity index (χ1v) is 9.07. The summed E-state index contributed by atoms with van der Waals surface area (Å²) in [5.41, 5.74) is 3.35. The van der Waals surface area contributed by atoms with Crippen molar-refractivity contribution in [2.75, 3.05) is 13.1 Å². The topological polar surface area (TPSA) is 58.4 Å². The molecule has 0 bridgehead atoms. The van der Waals surface area contributed by atoms with Gasteiger partial charge in [0.25, 0.3) is 0 Å². The van der Waals surface area contributed by atoms with Crippen LogP contribution in [-0.2, 0) is 16.6 Å². The minimum atomic E-state index is -0.156. The number of aryl methyl sites for hydroxylation is 2. The SMILES string of the molecule is Cc1nn(C)c(C)c1C1CCCN1C(=O)C1CC(=O)N(C2CC2)C1. The van der Waals surface area contributed by atoms with Crippen LogP contribution in [0.25, 0.3) is 0 Å². The van der Waals surface area contributed by atoms with Gasteiger partial charge in [0.1, 0.15) is 0 Å². The summed E-state index contributed by atoms with van der Waals surface area (Å²) >= 11 is 0. The van der Waals surface area contributed by atoms with E-state index in [1.165, 1.54) is 5.56 Å². The number of rotatable bonds is 3. The normalized spacial score (nSPS) is 27.4. The number of hydrogen-bond donors (Lipinski definition) is 0. The van der Waals surface area contributed by atoms with Gasteiger partial charge >= 0.3 is 0 Å². The van der Waals surface area contributed by atoms with Crippen molar-refractivity contribution in [2.45, 2.75) is 58.0 Å². The van der Waals surface area contributed by atoms with E-state index in [4.69, 9.17) is 0 Å². The molecule has 130 valence electrons. The van der Waals surface area contributed by atoms with Crippen molar-refractivity contribution in [3.05, 3.63) is 17.0 Å². The molecule has 3 heterocycles. The third-order valence-electron chi connectivity index (χ3n) is 5.93. The summed E-state index contributed by atoms with van der Waals surface area (Å²) in [6.45, 7) is 5.52. The number of aromatic nitrogens is 2. The number of hydrogen-bond acceptors (Lipinski definition) is 3. The third kappa shape index (κ3) is 2.43. The van der Waals surface area contributed by atoms with E-state index in [0.29, 0.717) is 19.0 Å². The quantitative estimate of drug-likeness (QED) is 0.848. The van der Waals surface area contributed by atoms with Crippen molar-refractivity contribution in [1.29, 1.82) is 0 Å². The molecule has 2 aliphatic heterocycles. The van der Waals surface area contributed by atoms with E-state index in [1.807, 2.05) is 28.5 Å². The van der Waals surface area contributed by atoms with Gasteiger partial charge in [-0.1, -0.05) is 0 Å². The first-order valence-electron chi connectivity index (χ1n) is 9.07. The number of likely N-dealkylation sites (tertiary alicyclic amines) is 2. The highest BCUT2D eigenvalue weighted by Crippen LogP contribution is 2.38. The van der Waals surface area contributed by atoms with Crippen LogP contribution in [-0.4, -0.2) is 50.5 Å². The number of carbonyl (C=O) groups excluding carboxylic acids is 2. The fraction of sp³-hybridized carbons (Fsp3) is 0.722. The summed E-state index contributed by atoms with van der Waals surface area (Å²) in [6, 6.07) is 0.531. The smallest absolute Gasteiger partial charge is 0.228 e. The zero-order valence-corrected chi connectivity index (χ0v) is 14.8. The van der Waals surface area contributed by atoms with Crippen LogP contribution in [0.3, 0.4) is 0 Å². The van der Waals surface area contributed by atoms with E-state index in [9.17, 15) is 9.59 Å². The highest BCUT2D eigenvalue weighted by Gasteiger charge is 2.44. The molecule has 1 aromatic heterocycles. The Labute approximate surface area is 142 Å². The summed E-state index contributed by atoms with van der Waals surface area (Å²) in [7, 11) is 1.95. The third-order valence-corrected chi connectivity index (χ3v) is 5.93. The van der Waals surface area contributed by atoms with E-state index in [-0.39, 0.29) is 23.8 Å². The van der Waals surface area contributed by atoms with Gasteiger partial charge in [-0.2, -0.15) is 5.10 Å². The van der Waals surface area contributed by atoms with E-state index in [1.54, 1.807) is 0 Å². The second kappa shape index (κ2) is 5.60. The number of amides is 2. The molecule has 3 aliphatic rings. The molecule has 24 heavy (non-hydrogen) atoms. The highest BCUT2D eigenvalue weighted by molar-refractivity contribution is 5.90. The Hall–Kier alpha value is -1.85. The summed E-state index contributed by atoms with van der Waals surface area (Å²) < 4.78 is 1.90. The molecule has 1 aliphatic carbocycles. The maximum absolute atomic E-state index is 13.1. The second-order valence-electron chi connectivity index (χ2n) is 7.58. The van der Waals surface area contributed by atoms with Crippen LogP contribution in [0, 0.1) is 19.8 Å². The molecule has 3 fully saturated rings. The molecule has 6 nitrogen and oxygen atoms in total. The Balaban J connectivity index is 1.54. The Bertz CT molecular complexity index is 691. The summed E-state index contributed by atoms with van der Waals surface area (Å²) in [4.78, 5) is 29.3. The number of nitrogens with zero attached hydrogens (tertiary/aromatic N) is 4. The lowest BCUT2D eigenvalue weighted by Gasteiger charge is -2.28. The van der Waals surface area contributed by atoms with Crippen molar-refractivity contribution in [3.8, 4) is 0 Å². The maximum Gasteiger partial charge on any atom is 0.228 e. The fourth-order valence-electron chi connectivity index (χ4n) is 4.47. The summed E-state index contributed by atoms with van der Waals surface area (Å²) in [6.07, 6.45) is 4.62. The van der Waals surface area contributed by atoms with Gasteiger partial charge in [-0.15, -0.1) is 0 Å². The molecule has 1 aromatic rings. The first kappa shape index (κ1) is 15.7. The monoisotopic (exact) mass is 330 g/mol. The predicted octanol–water partition coefficient (Wildman–Crippen LogP) is 1.71. The minimum absolute atomic E-state index is 0.122. The Kier molecular flexibility index (Phi) is 3.66. The first-order chi connectivity index (χ1) is 11.5. The molecule has 0 aromatic carbocycles. The van der Waals surface area contributed by atoms with Crippen molar-refractivity contribution in [3.63, 3.8) is 0 Å². The predicted molar refractivity (Wildman–Crippen MR) is 89.2 cm³/mol. The van der Waals surface area contributed by atoms with Crippen molar-refractivity contribution >= 4 is 11.8 Å². The molecule has 4 rings (SSSR count). The van der Waals surface area contributed by atoms with Gasteiger partial charge in [-0.25, -0.2) is 0 Å². The van der Waals surface area contributed by atoms with Gasteiger partial charge in [-0.05, 0) is 39.5 Å². The van der Waals surface area contributed by atoms with Gasteiger partial charge in [0.15, 0.2) is 0 Å². The van der Waals surface area contributed by atoms with E-state index < -0.39 is 0 Å². The maximum atomic E-state index is 13.1. The number of carbonyl (C=O) groups is 2. The fourth-order valence-corrected chi connectivity index (χ4v) is 4.47. The Morgan fingerprint density at radius 3 is 2.58 bits per heavy atom. The lowest BCUT2D eigenvalue weighted by atomic mass is 10.0. The van der Waals surface area contributed by atoms with Crippen LogP contribution in [0.4, 0.5) is 0 Å². The van der Waals surface area contributed by atoms with Crippen LogP contribution in [0.2, 0.25) is 0 Å². The zero-order valence-electron chi connectivity index (χ0n) is 14.8. The second-order valence-corrected chi connectivity index (χ2v) is 7.58. The Morgan fingerprint density at radius 2 is 1.96 bits per heavy atom. The molecule has 2 saturated heterocycles. The van der Waals surface area contributed by atoms with Gasteiger partial charge in [-0.3, -0.25) is 14.3 Å². The molecule has 6 heteroatoms. The molecule has 2 unspecified atom stereocenters. The Morgan fingerprint density at radius 1 is 1.21 bits per heavy atom. The molecular weight excluding hydrogens is 304 g/mol. The molecule has 1 saturated carbocycles. The molecule has 2 atom stereocenters. The lowest BCUT2D eigenvalue weighted by molar-refractivity contribution is -0.136. The van der Waals surface area contributed by atoms with Crippen LogP contribution in [0.5, 0.6) is 0 Å². The average Bonchev–Trinajstić information content (AvgIpc) is 3.05. The largest absolute Gasteiger partial charge is 0.339 e. The van der Waals surface area contributed by atoms with Crippen molar-refractivity contribution in [1.82, 2.24) is 19.6 Å². The van der Waals surface area contributed by atoms with Gasteiger partial charge in [0, 0.05) is 43.9 Å². The van der Waals surface area contributed by atoms with Crippen molar-refractivity contribution in [2.24, 2.45) is 13.0 Å². The zero-order chi connectivity index (χ0) is 17.0. The van der Waals surface area contributed by atoms with Crippen LogP contribution in [0.1, 0.15) is 55.1 Å². The van der Waals surface area contributed by atoms with Crippen LogP contribution in [0.15, 0.2) is 0 Å². The molecule has 0 radical (unpaired) electrons. The highest BCUT2D eigenvalue weighted by atomic mass is 16.2. The van der Waals surface area contributed by atoms with Gasteiger partial charge in [0.2, 0.25) is 11.8 Å². The lowest BCUT2D eigenvalue weighted by Crippen LogP contribution is -2.37. The molecule has 2 amide bonds. The molecular formula is C18H26N4O2. The van der Waals surface area contributed by atoms with Gasteiger partial charge in [0.05, 0.1) is 17.7 Å². The molecule has 0 N–H and O–H groups in total.